The highest BCUT2D eigenvalue weighted by molar-refractivity contribution is 5.78. The summed E-state index contributed by atoms with van der Waals surface area (Å²) in [6, 6.07) is 1.97. The minimum atomic E-state index is 0.0521. The Morgan fingerprint density at radius 3 is 2.29 bits per heavy atom. The van der Waals surface area contributed by atoms with Crippen LogP contribution >= 0.6 is 0 Å². The van der Waals surface area contributed by atoms with Crippen LogP contribution in [0.5, 0.6) is 0 Å². The molecule has 8 heteroatoms. The summed E-state index contributed by atoms with van der Waals surface area (Å²) in [4.78, 5) is 29.0. The second-order valence-electron chi connectivity index (χ2n) is 7.50. The van der Waals surface area contributed by atoms with E-state index in [9.17, 15) is 9.59 Å². The molecule has 0 atom stereocenters. The molecule has 0 bridgehead atoms. The molecule has 1 saturated heterocycles. The maximum absolute atomic E-state index is 12.7. The smallest absolute Gasteiger partial charge is 0.244 e. The molecule has 0 aliphatic carbocycles. The predicted molar refractivity (Wildman–Crippen MR) is 104 cm³/mol. The van der Waals surface area contributed by atoms with Crippen molar-refractivity contribution in [3.63, 3.8) is 0 Å². The average Bonchev–Trinajstić information content (AvgIpc) is 3.02. The fraction of sp³-hybridized carbons (Fsp3) is 0.600. The van der Waals surface area contributed by atoms with Gasteiger partial charge in [0.1, 0.15) is 12.3 Å². The first-order valence-corrected chi connectivity index (χ1v) is 9.83. The van der Waals surface area contributed by atoms with Gasteiger partial charge in [0.2, 0.25) is 11.8 Å². The molecule has 1 fully saturated rings. The Hall–Kier alpha value is -2.64. The van der Waals surface area contributed by atoms with Crippen LogP contribution in [0.1, 0.15) is 41.2 Å². The molecule has 0 saturated carbocycles. The van der Waals surface area contributed by atoms with Gasteiger partial charge in [0.15, 0.2) is 0 Å². The van der Waals surface area contributed by atoms with Crippen LogP contribution < -0.4 is 0 Å². The maximum atomic E-state index is 12.7. The van der Waals surface area contributed by atoms with Crippen LogP contribution in [0.3, 0.4) is 0 Å². The summed E-state index contributed by atoms with van der Waals surface area (Å²) >= 11 is 0. The number of nitrogens with zero attached hydrogens (tertiary/aromatic N) is 5. The van der Waals surface area contributed by atoms with Gasteiger partial charge in [0.05, 0.1) is 11.4 Å². The maximum Gasteiger partial charge on any atom is 0.244 e. The first kappa shape index (κ1) is 20.1. The van der Waals surface area contributed by atoms with Gasteiger partial charge in [-0.1, -0.05) is 5.16 Å². The van der Waals surface area contributed by atoms with E-state index in [0.29, 0.717) is 39.0 Å². The van der Waals surface area contributed by atoms with Gasteiger partial charge in [-0.2, -0.15) is 5.10 Å². The van der Waals surface area contributed by atoms with Crippen LogP contribution in [0, 0.1) is 27.7 Å². The SMILES string of the molecule is Cc1cc(C)n(CC(=O)N2CCCN(C(=O)CCc3c(C)noc3C)CC2)n1. The lowest BCUT2D eigenvalue weighted by Crippen LogP contribution is -2.39. The highest BCUT2D eigenvalue weighted by Gasteiger charge is 2.23. The Bertz CT molecular complexity index is 835. The molecule has 28 heavy (non-hydrogen) atoms. The molecule has 2 aromatic heterocycles. The number of hydrogen-bond acceptors (Lipinski definition) is 5. The Labute approximate surface area is 165 Å². The van der Waals surface area contributed by atoms with Crippen LogP contribution in [0.15, 0.2) is 10.6 Å². The summed E-state index contributed by atoms with van der Waals surface area (Å²) in [7, 11) is 0. The van der Waals surface area contributed by atoms with Crippen molar-refractivity contribution in [2.24, 2.45) is 0 Å². The van der Waals surface area contributed by atoms with E-state index in [1.54, 1.807) is 4.68 Å². The number of carbonyl (C=O) groups is 2. The second-order valence-corrected chi connectivity index (χ2v) is 7.50. The topological polar surface area (TPSA) is 84.5 Å². The molecule has 8 nitrogen and oxygen atoms in total. The predicted octanol–water partition coefficient (Wildman–Crippen LogP) is 1.80. The van der Waals surface area contributed by atoms with Crippen molar-refractivity contribution in [3.8, 4) is 0 Å². The van der Waals surface area contributed by atoms with Gasteiger partial charge < -0.3 is 14.3 Å². The van der Waals surface area contributed by atoms with Gasteiger partial charge in [-0.25, -0.2) is 0 Å². The number of carbonyl (C=O) groups excluding carboxylic acids is 2. The van der Waals surface area contributed by atoms with E-state index in [1.807, 2.05) is 43.6 Å². The van der Waals surface area contributed by atoms with E-state index in [2.05, 4.69) is 10.3 Å². The molecule has 0 aromatic carbocycles. The third kappa shape index (κ3) is 4.61. The first-order valence-electron chi connectivity index (χ1n) is 9.83. The van der Waals surface area contributed by atoms with Gasteiger partial charge in [-0.3, -0.25) is 14.3 Å². The lowest BCUT2D eigenvalue weighted by atomic mass is 10.1. The van der Waals surface area contributed by atoms with Crippen molar-refractivity contribution in [2.75, 3.05) is 26.2 Å². The van der Waals surface area contributed by atoms with Crippen molar-refractivity contribution < 1.29 is 14.1 Å². The second kappa shape index (κ2) is 8.58. The summed E-state index contributed by atoms with van der Waals surface area (Å²) < 4.78 is 6.91. The van der Waals surface area contributed by atoms with Crippen molar-refractivity contribution in [3.05, 3.63) is 34.5 Å². The van der Waals surface area contributed by atoms with Crippen molar-refractivity contribution >= 4 is 11.8 Å². The van der Waals surface area contributed by atoms with Gasteiger partial charge in [0, 0.05) is 43.9 Å². The normalized spacial score (nSPS) is 15.0. The van der Waals surface area contributed by atoms with E-state index in [-0.39, 0.29) is 18.4 Å². The molecule has 0 unspecified atom stereocenters. The lowest BCUT2D eigenvalue weighted by Gasteiger charge is -2.22. The summed E-state index contributed by atoms with van der Waals surface area (Å²) in [6.45, 7) is 10.4. The van der Waals surface area contributed by atoms with Crippen LogP contribution in [-0.4, -0.2) is 62.7 Å². The van der Waals surface area contributed by atoms with Crippen LogP contribution in [0.25, 0.3) is 0 Å². The molecule has 0 spiro atoms. The molecular formula is C20H29N5O3. The summed E-state index contributed by atoms with van der Waals surface area (Å²) in [5, 5.41) is 8.31. The lowest BCUT2D eigenvalue weighted by molar-refractivity contribution is -0.134. The fourth-order valence-electron chi connectivity index (χ4n) is 3.73. The summed E-state index contributed by atoms with van der Waals surface area (Å²) in [6.07, 6.45) is 1.86. The Morgan fingerprint density at radius 1 is 1.04 bits per heavy atom. The number of aryl methyl sites for hydroxylation is 4. The molecule has 1 aliphatic heterocycles. The summed E-state index contributed by atoms with van der Waals surface area (Å²) in [5.41, 5.74) is 3.76. The Morgan fingerprint density at radius 2 is 1.71 bits per heavy atom. The number of hydrogen-bond donors (Lipinski definition) is 0. The first-order chi connectivity index (χ1) is 13.3. The van der Waals surface area contributed by atoms with Gasteiger partial charge in [-0.15, -0.1) is 0 Å². The van der Waals surface area contributed by atoms with Crippen molar-refractivity contribution in [1.29, 1.82) is 0 Å². The zero-order chi connectivity index (χ0) is 20.3. The zero-order valence-electron chi connectivity index (χ0n) is 17.2. The minimum Gasteiger partial charge on any atom is -0.361 e. The Balaban J connectivity index is 1.51. The van der Waals surface area contributed by atoms with Crippen LogP contribution in [0.4, 0.5) is 0 Å². The summed E-state index contributed by atoms with van der Waals surface area (Å²) in [5.74, 6) is 0.950. The molecular weight excluding hydrogens is 358 g/mol. The van der Waals surface area contributed by atoms with Crippen molar-refractivity contribution in [1.82, 2.24) is 24.7 Å². The Kier molecular flexibility index (Phi) is 6.16. The molecule has 0 radical (unpaired) electrons. The zero-order valence-corrected chi connectivity index (χ0v) is 17.2. The van der Waals surface area contributed by atoms with E-state index in [1.165, 1.54) is 0 Å². The largest absolute Gasteiger partial charge is 0.361 e. The third-order valence-electron chi connectivity index (χ3n) is 5.36. The minimum absolute atomic E-state index is 0.0521. The van der Waals surface area contributed by atoms with E-state index >= 15 is 0 Å². The van der Waals surface area contributed by atoms with E-state index in [0.717, 1.165) is 34.8 Å². The van der Waals surface area contributed by atoms with Gasteiger partial charge in [0.25, 0.3) is 0 Å². The van der Waals surface area contributed by atoms with Gasteiger partial charge in [-0.05, 0) is 46.6 Å². The van der Waals surface area contributed by atoms with Crippen LogP contribution in [-0.2, 0) is 22.6 Å². The number of aromatic nitrogens is 3. The number of amides is 2. The highest BCUT2D eigenvalue weighted by Crippen LogP contribution is 2.15. The standard InChI is InChI=1S/C20H29N5O3/c1-14-12-15(2)25(21-14)13-20(27)24-9-5-8-23(10-11-24)19(26)7-6-18-16(3)22-28-17(18)4/h12H,5-11,13H2,1-4H3. The fourth-order valence-corrected chi connectivity index (χ4v) is 3.73. The monoisotopic (exact) mass is 387 g/mol. The number of rotatable bonds is 5. The van der Waals surface area contributed by atoms with Crippen LogP contribution in [0.2, 0.25) is 0 Å². The molecule has 2 aromatic rings. The molecule has 2 amide bonds. The third-order valence-corrected chi connectivity index (χ3v) is 5.36. The molecule has 0 N–H and O–H groups in total. The molecule has 3 rings (SSSR count). The average molecular weight is 387 g/mol. The highest BCUT2D eigenvalue weighted by atomic mass is 16.5. The van der Waals surface area contributed by atoms with Crippen molar-refractivity contribution in [2.45, 2.75) is 53.5 Å². The molecule has 152 valence electrons. The molecule has 3 heterocycles. The van der Waals surface area contributed by atoms with E-state index < -0.39 is 0 Å². The van der Waals surface area contributed by atoms with Gasteiger partial charge >= 0.3 is 0 Å². The molecule has 1 aliphatic rings. The van der Waals surface area contributed by atoms with E-state index in [4.69, 9.17) is 4.52 Å². The quantitative estimate of drug-likeness (QED) is 0.781.